The molecule has 2 aliphatic rings. The van der Waals surface area contributed by atoms with Crippen molar-refractivity contribution in [3.63, 3.8) is 0 Å². The Kier molecular flexibility index (Phi) is 5.34. The second-order valence-electron chi connectivity index (χ2n) is 7.30. The van der Waals surface area contributed by atoms with Crippen LogP contribution in [0.4, 0.5) is 0 Å². The summed E-state index contributed by atoms with van der Waals surface area (Å²) in [6.45, 7) is 4.72. The zero-order chi connectivity index (χ0) is 16.2. The molecule has 1 aliphatic heterocycles. The normalized spacial score (nSPS) is 23.5. The molecule has 1 aromatic carbocycles. The van der Waals surface area contributed by atoms with Crippen LogP contribution in [0.2, 0.25) is 0 Å². The third kappa shape index (κ3) is 4.12. The van der Waals surface area contributed by atoms with Crippen molar-refractivity contribution in [2.24, 2.45) is 0 Å². The fourth-order valence-electron chi connectivity index (χ4n) is 3.59. The van der Waals surface area contributed by atoms with Gasteiger partial charge in [-0.1, -0.05) is 30.7 Å². The topological polar surface area (TPSA) is 26.8 Å². The van der Waals surface area contributed by atoms with E-state index in [4.69, 9.17) is 0 Å². The molecule has 2 fully saturated rings. The molecule has 1 aliphatic carbocycles. The average molecular weight is 315 g/mol. The van der Waals surface area contributed by atoms with Gasteiger partial charge in [0.05, 0.1) is 0 Å². The van der Waals surface area contributed by atoms with Gasteiger partial charge in [0.2, 0.25) is 6.41 Å². The van der Waals surface area contributed by atoms with Crippen molar-refractivity contribution in [2.45, 2.75) is 37.8 Å². The molecule has 1 atom stereocenters. The minimum absolute atomic E-state index is 0.424. The smallest absolute Gasteiger partial charge is 0.210 e. The van der Waals surface area contributed by atoms with Gasteiger partial charge in [-0.3, -0.25) is 9.69 Å². The summed E-state index contributed by atoms with van der Waals surface area (Å²) in [5.41, 5.74) is 2.69. The van der Waals surface area contributed by atoms with Gasteiger partial charge in [0.1, 0.15) is 0 Å². The Morgan fingerprint density at radius 2 is 1.91 bits per heavy atom. The van der Waals surface area contributed by atoms with Crippen LogP contribution in [0.5, 0.6) is 0 Å². The fraction of sp³-hybridized carbons (Fsp3) is 0.632. The molecule has 1 amide bonds. The van der Waals surface area contributed by atoms with Gasteiger partial charge in [-0.05, 0) is 44.0 Å². The van der Waals surface area contributed by atoms with Gasteiger partial charge in [0.25, 0.3) is 0 Å². The molecular weight excluding hydrogens is 286 g/mol. The first kappa shape index (κ1) is 16.5. The first-order valence-electron chi connectivity index (χ1n) is 8.82. The molecule has 23 heavy (non-hydrogen) atoms. The van der Waals surface area contributed by atoms with Crippen LogP contribution >= 0.6 is 0 Å². The molecule has 126 valence electrons. The van der Waals surface area contributed by atoms with Crippen LogP contribution in [-0.4, -0.2) is 67.4 Å². The largest absolute Gasteiger partial charge is 0.339 e. The van der Waals surface area contributed by atoms with Crippen molar-refractivity contribution in [3.8, 4) is 0 Å². The molecule has 1 heterocycles. The van der Waals surface area contributed by atoms with Crippen molar-refractivity contribution in [1.82, 2.24) is 14.7 Å². The zero-order valence-corrected chi connectivity index (χ0v) is 14.4. The lowest BCUT2D eigenvalue weighted by Crippen LogP contribution is -2.54. The molecule has 0 spiro atoms. The highest BCUT2D eigenvalue weighted by molar-refractivity contribution is 5.47. The minimum atomic E-state index is 0.424. The maximum absolute atomic E-state index is 11.5. The quantitative estimate of drug-likeness (QED) is 0.753. The monoisotopic (exact) mass is 315 g/mol. The molecule has 0 N–H and O–H groups in total. The maximum Gasteiger partial charge on any atom is 0.210 e. The van der Waals surface area contributed by atoms with E-state index < -0.39 is 0 Å². The van der Waals surface area contributed by atoms with Crippen molar-refractivity contribution < 1.29 is 4.79 Å². The lowest BCUT2D eigenvalue weighted by Gasteiger charge is -2.39. The summed E-state index contributed by atoms with van der Waals surface area (Å²) < 4.78 is 0. The predicted molar refractivity (Wildman–Crippen MR) is 93.4 cm³/mol. The summed E-state index contributed by atoms with van der Waals surface area (Å²) in [5.74, 6) is 0.776. The van der Waals surface area contributed by atoms with Gasteiger partial charge < -0.3 is 9.80 Å². The van der Waals surface area contributed by atoms with Gasteiger partial charge in [-0.25, -0.2) is 0 Å². The Hall–Kier alpha value is -1.39. The number of hydrogen-bond acceptors (Lipinski definition) is 3. The van der Waals surface area contributed by atoms with E-state index in [-0.39, 0.29) is 0 Å². The fourth-order valence-corrected chi connectivity index (χ4v) is 3.59. The number of nitrogens with zero attached hydrogens (tertiary/aromatic N) is 3. The highest BCUT2D eigenvalue weighted by atomic mass is 16.1. The van der Waals surface area contributed by atoms with Crippen LogP contribution in [-0.2, 0) is 11.3 Å². The molecule has 1 saturated carbocycles. The maximum atomic E-state index is 11.5. The molecule has 1 aromatic rings. The number of rotatable bonds is 6. The number of carbonyl (C=O) groups excluding carboxylic acids is 1. The van der Waals surface area contributed by atoms with Crippen molar-refractivity contribution in [1.29, 1.82) is 0 Å². The minimum Gasteiger partial charge on any atom is -0.339 e. The van der Waals surface area contributed by atoms with E-state index in [2.05, 4.69) is 48.2 Å². The van der Waals surface area contributed by atoms with E-state index in [1.54, 1.807) is 0 Å². The zero-order valence-electron chi connectivity index (χ0n) is 14.4. The second-order valence-corrected chi connectivity index (χ2v) is 7.30. The summed E-state index contributed by atoms with van der Waals surface area (Å²) in [6, 6.07) is 9.32. The van der Waals surface area contributed by atoms with E-state index in [1.165, 1.54) is 30.4 Å². The van der Waals surface area contributed by atoms with Crippen molar-refractivity contribution in [3.05, 3.63) is 35.4 Å². The summed E-state index contributed by atoms with van der Waals surface area (Å²) in [5, 5.41) is 0. The molecule has 4 nitrogen and oxygen atoms in total. The molecule has 4 heteroatoms. The highest BCUT2D eigenvalue weighted by Gasteiger charge is 2.24. The van der Waals surface area contributed by atoms with Crippen LogP contribution in [0.3, 0.4) is 0 Å². The number of carbonyl (C=O) groups is 1. The number of amides is 1. The number of piperazine rings is 1. The molecule has 1 saturated heterocycles. The van der Waals surface area contributed by atoms with Gasteiger partial charge in [-0.2, -0.15) is 0 Å². The van der Waals surface area contributed by atoms with E-state index in [0.29, 0.717) is 12.6 Å². The van der Waals surface area contributed by atoms with E-state index in [1.807, 2.05) is 4.90 Å². The van der Waals surface area contributed by atoms with Gasteiger partial charge >= 0.3 is 0 Å². The van der Waals surface area contributed by atoms with Crippen LogP contribution in [0.1, 0.15) is 36.3 Å². The third-order valence-electron chi connectivity index (χ3n) is 5.52. The lowest BCUT2D eigenvalue weighted by molar-refractivity contribution is -0.119. The number of benzene rings is 1. The van der Waals surface area contributed by atoms with Gasteiger partial charge in [0.15, 0.2) is 0 Å². The van der Waals surface area contributed by atoms with E-state index in [9.17, 15) is 4.79 Å². The Bertz CT molecular complexity index is 512. The first-order valence-corrected chi connectivity index (χ1v) is 8.82. The summed E-state index contributed by atoms with van der Waals surface area (Å²) in [6.07, 6.45) is 5.04. The molecule has 0 radical (unpaired) electrons. The second kappa shape index (κ2) is 7.45. The van der Waals surface area contributed by atoms with E-state index in [0.717, 1.165) is 38.5 Å². The van der Waals surface area contributed by atoms with E-state index >= 15 is 0 Å². The van der Waals surface area contributed by atoms with Crippen LogP contribution < -0.4 is 0 Å². The molecule has 1 unspecified atom stereocenters. The lowest BCUT2D eigenvalue weighted by atomic mass is 9.80. The standard InChI is InChI=1S/C19H29N3O/c1-20-10-11-21(2)19(13-20)14-22(15-23)12-16-6-8-18(9-7-16)17-4-3-5-17/h6-9,15,17,19H,3-5,10-14H2,1-2H3. The molecular formula is C19H29N3O. The summed E-state index contributed by atoms with van der Waals surface area (Å²) in [7, 11) is 4.32. The number of likely N-dealkylation sites (N-methyl/N-ethyl adjacent to an activating group) is 2. The molecule has 0 bridgehead atoms. The van der Waals surface area contributed by atoms with Crippen LogP contribution in [0.15, 0.2) is 24.3 Å². The van der Waals surface area contributed by atoms with Crippen LogP contribution in [0.25, 0.3) is 0 Å². The Labute approximate surface area is 140 Å². The Balaban J connectivity index is 1.56. The van der Waals surface area contributed by atoms with Crippen molar-refractivity contribution >= 4 is 6.41 Å². The molecule has 3 rings (SSSR count). The average Bonchev–Trinajstić information content (AvgIpc) is 2.50. The summed E-state index contributed by atoms with van der Waals surface area (Å²) in [4.78, 5) is 18.1. The molecule has 0 aromatic heterocycles. The third-order valence-corrected chi connectivity index (χ3v) is 5.52. The highest BCUT2D eigenvalue weighted by Crippen LogP contribution is 2.36. The van der Waals surface area contributed by atoms with Crippen molar-refractivity contribution in [2.75, 3.05) is 40.3 Å². The van der Waals surface area contributed by atoms with Gasteiger partial charge in [0, 0.05) is 38.8 Å². The summed E-state index contributed by atoms with van der Waals surface area (Å²) >= 11 is 0. The SMILES string of the molecule is CN1CCN(C)C(CN(C=O)Cc2ccc(C3CCC3)cc2)C1. The Morgan fingerprint density at radius 1 is 1.17 bits per heavy atom. The van der Waals surface area contributed by atoms with Crippen LogP contribution in [0, 0.1) is 0 Å². The predicted octanol–water partition coefficient (Wildman–Crippen LogP) is 2.16. The first-order chi connectivity index (χ1) is 11.2. The number of hydrogen-bond donors (Lipinski definition) is 0. The Morgan fingerprint density at radius 3 is 2.52 bits per heavy atom. The van der Waals surface area contributed by atoms with Gasteiger partial charge in [-0.15, -0.1) is 0 Å².